The fraction of sp³-hybridized carbons (Fsp3) is 0.267. The van der Waals surface area contributed by atoms with Gasteiger partial charge in [0.05, 0.1) is 12.2 Å². The summed E-state index contributed by atoms with van der Waals surface area (Å²) in [6.07, 6.45) is 2.13. The minimum atomic E-state index is -3.87. The van der Waals surface area contributed by atoms with Crippen LogP contribution in [-0.4, -0.2) is 37.3 Å². The maximum Gasteiger partial charge on any atom is 0.245 e. The average Bonchev–Trinajstić information content (AvgIpc) is 2.55. The summed E-state index contributed by atoms with van der Waals surface area (Å²) in [6.45, 7) is 1.23. The minimum Gasteiger partial charge on any atom is -0.313 e. The highest BCUT2D eigenvalue weighted by atomic mass is 35.5. The van der Waals surface area contributed by atoms with Crippen LogP contribution in [0.4, 0.5) is 4.39 Å². The SMILES string of the molecule is Cl.O=S(=O)(c1cncc(F)c1)N1CCNCC1c1ccccc1Cl. The van der Waals surface area contributed by atoms with Crippen LogP contribution in [0.3, 0.4) is 0 Å². The summed E-state index contributed by atoms with van der Waals surface area (Å²) in [5.74, 6) is -0.685. The standard InChI is InChI=1S/C15H15ClFN3O2S.ClH/c16-14-4-2-1-3-13(14)15-10-18-5-6-20(15)23(21,22)12-7-11(17)8-19-9-12;/h1-4,7-9,15,18H,5-6,10H2;1H. The van der Waals surface area contributed by atoms with Crippen LogP contribution in [0.25, 0.3) is 0 Å². The van der Waals surface area contributed by atoms with Crippen LogP contribution in [0.15, 0.2) is 47.6 Å². The molecule has 0 bridgehead atoms. The quantitative estimate of drug-likeness (QED) is 0.873. The van der Waals surface area contributed by atoms with E-state index in [1.54, 1.807) is 18.2 Å². The summed E-state index contributed by atoms with van der Waals surface area (Å²) in [5, 5.41) is 3.67. The third-order valence-electron chi connectivity index (χ3n) is 3.74. The topological polar surface area (TPSA) is 62.3 Å². The first kappa shape index (κ1) is 19.1. The minimum absolute atomic E-state index is 0. The van der Waals surface area contributed by atoms with Gasteiger partial charge in [-0.2, -0.15) is 4.31 Å². The van der Waals surface area contributed by atoms with Crippen LogP contribution in [-0.2, 0) is 10.0 Å². The van der Waals surface area contributed by atoms with E-state index in [0.717, 1.165) is 18.5 Å². The van der Waals surface area contributed by atoms with Crippen molar-refractivity contribution in [3.05, 3.63) is 59.1 Å². The van der Waals surface area contributed by atoms with E-state index in [0.29, 0.717) is 23.7 Å². The van der Waals surface area contributed by atoms with E-state index in [1.165, 1.54) is 4.31 Å². The third-order valence-corrected chi connectivity index (χ3v) is 5.96. The fourth-order valence-electron chi connectivity index (χ4n) is 2.65. The number of aromatic nitrogens is 1. The molecule has 1 aromatic carbocycles. The monoisotopic (exact) mass is 391 g/mol. The predicted molar refractivity (Wildman–Crippen MR) is 92.4 cm³/mol. The molecule has 0 amide bonds. The van der Waals surface area contributed by atoms with Gasteiger partial charge in [-0.25, -0.2) is 12.8 Å². The number of nitrogens with zero attached hydrogens (tertiary/aromatic N) is 2. The second-order valence-corrected chi connectivity index (χ2v) is 7.49. The highest BCUT2D eigenvalue weighted by molar-refractivity contribution is 7.89. The Kier molecular flexibility index (Phi) is 6.17. The lowest BCUT2D eigenvalue weighted by Crippen LogP contribution is -2.48. The Bertz CT molecular complexity index is 820. The molecule has 0 saturated carbocycles. The summed E-state index contributed by atoms with van der Waals surface area (Å²) in [7, 11) is -3.87. The van der Waals surface area contributed by atoms with Gasteiger partial charge in [0, 0.05) is 30.9 Å². The Balaban J connectivity index is 0.00000208. The van der Waals surface area contributed by atoms with Gasteiger partial charge in [-0.15, -0.1) is 12.4 Å². The van der Waals surface area contributed by atoms with E-state index in [9.17, 15) is 12.8 Å². The van der Waals surface area contributed by atoms with Crippen molar-refractivity contribution in [3.8, 4) is 0 Å². The number of benzene rings is 1. The fourth-order valence-corrected chi connectivity index (χ4v) is 4.50. The van der Waals surface area contributed by atoms with Crippen LogP contribution >= 0.6 is 24.0 Å². The summed E-state index contributed by atoms with van der Waals surface area (Å²) >= 11 is 6.22. The number of pyridine rings is 1. The highest BCUT2D eigenvalue weighted by Crippen LogP contribution is 2.32. The second-order valence-electron chi connectivity index (χ2n) is 5.20. The van der Waals surface area contributed by atoms with E-state index < -0.39 is 21.9 Å². The lowest BCUT2D eigenvalue weighted by atomic mass is 10.1. The first-order chi connectivity index (χ1) is 11.0. The van der Waals surface area contributed by atoms with Gasteiger partial charge in [0.2, 0.25) is 10.0 Å². The molecule has 2 heterocycles. The van der Waals surface area contributed by atoms with Crippen LogP contribution in [0, 0.1) is 5.82 Å². The van der Waals surface area contributed by atoms with Crippen LogP contribution in [0.2, 0.25) is 5.02 Å². The van der Waals surface area contributed by atoms with E-state index in [2.05, 4.69) is 10.3 Å². The van der Waals surface area contributed by atoms with Crippen molar-refractivity contribution in [3.63, 3.8) is 0 Å². The lowest BCUT2D eigenvalue weighted by Gasteiger charge is -2.35. The first-order valence-electron chi connectivity index (χ1n) is 7.07. The Morgan fingerprint density at radius 3 is 2.75 bits per heavy atom. The molecule has 0 spiro atoms. The van der Waals surface area contributed by atoms with Crippen LogP contribution in [0.5, 0.6) is 0 Å². The lowest BCUT2D eigenvalue weighted by molar-refractivity contribution is 0.271. The number of sulfonamides is 1. The number of piperazine rings is 1. The molecular weight excluding hydrogens is 376 g/mol. The number of hydrogen-bond donors (Lipinski definition) is 1. The molecule has 0 radical (unpaired) electrons. The molecule has 9 heteroatoms. The maximum atomic E-state index is 13.4. The number of rotatable bonds is 3. The highest BCUT2D eigenvalue weighted by Gasteiger charge is 2.35. The summed E-state index contributed by atoms with van der Waals surface area (Å²) in [6, 6.07) is 7.65. The van der Waals surface area contributed by atoms with E-state index >= 15 is 0 Å². The molecule has 1 atom stereocenters. The van der Waals surface area contributed by atoms with Crippen LogP contribution < -0.4 is 5.32 Å². The van der Waals surface area contributed by atoms with Crippen LogP contribution in [0.1, 0.15) is 11.6 Å². The molecule has 1 N–H and O–H groups in total. The Morgan fingerprint density at radius 1 is 1.29 bits per heavy atom. The van der Waals surface area contributed by atoms with Gasteiger partial charge in [-0.1, -0.05) is 29.8 Å². The van der Waals surface area contributed by atoms with Gasteiger partial charge < -0.3 is 5.32 Å². The Labute approximate surface area is 151 Å². The van der Waals surface area contributed by atoms with Crippen molar-refractivity contribution in [2.45, 2.75) is 10.9 Å². The molecule has 0 aliphatic carbocycles. The largest absolute Gasteiger partial charge is 0.313 e. The van der Waals surface area contributed by atoms with E-state index in [4.69, 9.17) is 11.6 Å². The zero-order valence-corrected chi connectivity index (χ0v) is 14.9. The van der Waals surface area contributed by atoms with Gasteiger partial charge in [0.25, 0.3) is 0 Å². The van der Waals surface area contributed by atoms with Crippen molar-refractivity contribution in [2.75, 3.05) is 19.6 Å². The van der Waals surface area contributed by atoms with Gasteiger partial charge in [-0.05, 0) is 17.7 Å². The molecule has 5 nitrogen and oxygen atoms in total. The van der Waals surface area contributed by atoms with Crippen molar-refractivity contribution in [1.29, 1.82) is 0 Å². The first-order valence-corrected chi connectivity index (χ1v) is 8.89. The van der Waals surface area contributed by atoms with Crippen molar-refractivity contribution in [2.24, 2.45) is 0 Å². The zero-order valence-electron chi connectivity index (χ0n) is 12.5. The Morgan fingerprint density at radius 2 is 2.04 bits per heavy atom. The van der Waals surface area contributed by atoms with Gasteiger partial charge in [0.15, 0.2) is 0 Å². The molecule has 3 rings (SSSR count). The molecule has 24 heavy (non-hydrogen) atoms. The van der Waals surface area contributed by atoms with Crippen molar-refractivity contribution >= 4 is 34.0 Å². The summed E-state index contributed by atoms with van der Waals surface area (Å²) in [5.41, 5.74) is 0.717. The molecular formula is C15H16Cl2FN3O2S. The molecule has 130 valence electrons. The summed E-state index contributed by atoms with van der Waals surface area (Å²) in [4.78, 5) is 3.48. The molecule has 1 saturated heterocycles. The molecule has 2 aromatic rings. The third kappa shape index (κ3) is 3.70. The maximum absolute atomic E-state index is 13.4. The van der Waals surface area contributed by atoms with E-state index in [1.807, 2.05) is 6.07 Å². The number of hydrogen-bond acceptors (Lipinski definition) is 4. The van der Waals surface area contributed by atoms with Gasteiger partial charge in [0.1, 0.15) is 10.7 Å². The number of halogens is 3. The smallest absolute Gasteiger partial charge is 0.245 e. The average molecular weight is 392 g/mol. The van der Waals surface area contributed by atoms with Crippen molar-refractivity contribution in [1.82, 2.24) is 14.6 Å². The molecule has 1 fully saturated rings. The number of nitrogens with one attached hydrogen (secondary N) is 1. The zero-order chi connectivity index (χ0) is 16.4. The van der Waals surface area contributed by atoms with E-state index in [-0.39, 0.29) is 23.8 Å². The summed E-state index contributed by atoms with van der Waals surface area (Å²) < 4.78 is 40.5. The Hall–Kier alpha value is -1.25. The second kappa shape index (κ2) is 7.76. The molecule has 1 unspecified atom stereocenters. The van der Waals surface area contributed by atoms with Gasteiger partial charge in [-0.3, -0.25) is 4.98 Å². The normalized spacial score (nSPS) is 18.8. The predicted octanol–water partition coefficient (Wildman–Crippen LogP) is 2.63. The van der Waals surface area contributed by atoms with Gasteiger partial charge >= 0.3 is 0 Å². The molecule has 1 aliphatic rings. The van der Waals surface area contributed by atoms with Crippen molar-refractivity contribution < 1.29 is 12.8 Å². The molecule has 1 aromatic heterocycles. The molecule has 1 aliphatic heterocycles.